The van der Waals surface area contributed by atoms with Gasteiger partial charge in [-0.2, -0.15) is 0 Å². The molecule has 3 rings (SSSR count). The minimum absolute atomic E-state index is 0.122. The fourth-order valence-electron chi connectivity index (χ4n) is 2.84. The Labute approximate surface area is 187 Å². The van der Waals surface area contributed by atoms with Gasteiger partial charge in [-0.25, -0.2) is 13.1 Å². The van der Waals surface area contributed by atoms with Gasteiger partial charge in [0.2, 0.25) is 10.0 Å². The van der Waals surface area contributed by atoms with Crippen LogP contribution in [0.5, 0.6) is 5.75 Å². The predicted molar refractivity (Wildman–Crippen MR) is 120 cm³/mol. The SMILES string of the molecule is C[C@@H](NC(=O)COc1ccc(S(=O)(=O)NCc2ccccc2)cc1)c1ccc(Cl)cc1. The number of hydrogen-bond acceptors (Lipinski definition) is 4. The van der Waals surface area contributed by atoms with Crippen molar-refractivity contribution < 1.29 is 17.9 Å². The molecule has 0 spiro atoms. The minimum atomic E-state index is -3.65. The third kappa shape index (κ3) is 6.82. The van der Waals surface area contributed by atoms with Gasteiger partial charge >= 0.3 is 0 Å². The highest BCUT2D eigenvalue weighted by atomic mass is 35.5. The number of rotatable bonds is 9. The number of halogens is 1. The molecule has 0 aliphatic rings. The van der Waals surface area contributed by atoms with E-state index in [1.807, 2.05) is 49.4 Å². The maximum atomic E-state index is 12.4. The summed E-state index contributed by atoms with van der Waals surface area (Å²) in [7, 11) is -3.65. The van der Waals surface area contributed by atoms with Gasteiger partial charge in [-0.3, -0.25) is 4.79 Å². The summed E-state index contributed by atoms with van der Waals surface area (Å²) in [5, 5.41) is 3.47. The highest BCUT2D eigenvalue weighted by molar-refractivity contribution is 7.89. The number of carbonyl (C=O) groups is 1. The predicted octanol–water partition coefficient (Wildman–Crippen LogP) is 4.07. The summed E-state index contributed by atoms with van der Waals surface area (Å²) in [5.41, 5.74) is 1.79. The zero-order chi connectivity index (χ0) is 22.3. The maximum absolute atomic E-state index is 12.4. The van der Waals surface area contributed by atoms with Crippen molar-refractivity contribution in [2.45, 2.75) is 24.4 Å². The van der Waals surface area contributed by atoms with Crippen molar-refractivity contribution in [2.75, 3.05) is 6.61 Å². The lowest BCUT2D eigenvalue weighted by molar-refractivity contribution is -0.123. The van der Waals surface area contributed by atoms with Gasteiger partial charge in [0.25, 0.3) is 5.91 Å². The number of benzene rings is 3. The Hall–Kier alpha value is -2.87. The lowest BCUT2D eigenvalue weighted by atomic mass is 10.1. The van der Waals surface area contributed by atoms with Crippen molar-refractivity contribution in [1.82, 2.24) is 10.0 Å². The molecule has 1 atom stereocenters. The standard InChI is InChI=1S/C23H23ClN2O4S/c1-17(19-7-9-20(24)10-8-19)26-23(27)16-30-21-11-13-22(14-12-21)31(28,29)25-15-18-5-3-2-4-6-18/h2-14,17,25H,15-16H2,1H3,(H,26,27)/t17-/m1/s1. The molecule has 1 amide bonds. The second-order valence-corrected chi connectivity index (χ2v) is 9.11. The summed E-state index contributed by atoms with van der Waals surface area (Å²) in [6, 6.07) is 22.2. The quantitative estimate of drug-likeness (QED) is 0.506. The van der Waals surface area contributed by atoms with Crippen molar-refractivity contribution >= 4 is 27.5 Å². The van der Waals surface area contributed by atoms with E-state index < -0.39 is 10.0 Å². The van der Waals surface area contributed by atoms with Crippen LogP contribution in [0.25, 0.3) is 0 Å². The van der Waals surface area contributed by atoms with E-state index in [4.69, 9.17) is 16.3 Å². The van der Waals surface area contributed by atoms with Gasteiger partial charge in [0.05, 0.1) is 10.9 Å². The monoisotopic (exact) mass is 458 g/mol. The number of sulfonamides is 1. The highest BCUT2D eigenvalue weighted by Crippen LogP contribution is 2.18. The first-order chi connectivity index (χ1) is 14.8. The zero-order valence-corrected chi connectivity index (χ0v) is 18.5. The summed E-state index contributed by atoms with van der Waals surface area (Å²) in [5.74, 6) is 0.111. The number of ether oxygens (including phenoxy) is 1. The van der Waals surface area contributed by atoms with E-state index in [2.05, 4.69) is 10.0 Å². The van der Waals surface area contributed by atoms with E-state index in [1.165, 1.54) is 24.3 Å². The molecule has 31 heavy (non-hydrogen) atoms. The van der Waals surface area contributed by atoms with Crippen molar-refractivity contribution in [2.24, 2.45) is 0 Å². The molecule has 0 saturated heterocycles. The molecule has 0 aliphatic heterocycles. The molecule has 0 fully saturated rings. The van der Waals surface area contributed by atoms with Gasteiger partial charge in [-0.15, -0.1) is 0 Å². The molecule has 0 bridgehead atoms. The maximum Gasteiger partial charge on any atom is 0.258 e. The number of nitrogens with one attached hydrogen (secondary N) is 2. The van der Waals surface area contributed by atoms with E-state index in [0.717, 1.165) is 11.1 Å². The van der Waals surface area contributed by atoms with Crippen LogP contribution < -0.4 is 14.8 Å². The zero-order valence-electron chi connectivity index (χ0n) is 16.9. The van der Waals surface area contributed by atoms with Crippen LogP contribution in [0.4, 0.5) is 0 Å². The lowest BCUT2D eigenvalue weighted by Crippen LogP contribution is -2.31. The van der Waals surface area contributed by atoms with Gasteiger partial charge in [-0.05, 0) is 54.4 Å². The van der Waals surface area contributed by atoms with E-state index in [9.17, 15) is 13.2 Å². The third-order valence-electron chi connectivity index (χ3n) is 4.56. The third-order valence-corrected chi connectivity index (χ3v) is 6.23. The molecule has 0 heterocycles. The van der Waals surface area contributed by atoms with Gasteiger partial charge in [-0.1, -0.05) is 54.1 Å². The van der Waals surface area contributed by atoms with Crippen LogP contribution in [0, 0.1) is 0 Å². The Bertz CT molecular complexity index is 1100. The van der Waals surface area contributed by atoms with Crippen LogP contribution in [-0.2, 0) is 21.4 Å². The Balaban J connectivity index is 1.50. The summed E-state index contributed by atoms with van der Waals surface area (Å²) in [6.07, 6.45) is 0. The molecule has 0 aromatic heterocycles. The molecule has 0 saturated carbocycles. The van der Waals surface area contributed by atoms with Crippen LogP contribution in [0.2, 0.25) is 5.02 Å². The van der Waals surface area contributed by atoms with Gasteiger partial charge in [0, 0.05) is 11.6 Å². The van der Waals surface area contributed by atoms with E-state index in [0.29, 0.717) is 10.8 Å². The van der Waals surface area contributed by atoms with Gasteiger partial charge in [0.1, 0.15) is 5.75 Å². The second-order valence-electron chi connectivity index (χ2n) is 6.91. The van der Waals surface area contributed by atoms with Crippen molar-refractivity contribution in [3.63, 3.8) is 0 Å². The number of amides is 1. The largest absolute Gasteiger partial charge is 0.484 e. The highest BCUT2D eigenvalue weighted by Gasteiger charge is 2.14. The Morgan fingerprint density at radius 1 is 0.968 bits per heavy atom. The number of hydrogen-bond donors (Lipinski definition) is 2. The first-order valence-electron chi connectivity index (χ1n) is 9.65. The average molecular weight is 459 g/mol. The molecule has 3 aromatic carbocycles. The summed E-state index contributed by atoms with van der Waals surface area (Å²) in [4.78, 5) is 12.3. The first-order valence-corrected chi connectivity index (χ1v) is 11.5. The average Bonchev–Trinajstić information content (AvgIpc) is 2.78. The fraction of sp³-hybridized carbons (Fsp3) is 0.174. The molecule has 0 unspecified atom stereocenters. The summed E-state index contributed by atoms with van der Waals surface area (Å²) < 4.78 is 32.9. The molecule has 162 valence electrons. The minimum Gasteiger partial charge on any atom is -0.484 e. The first kappa shape index (κ1) is 22.8. The summed E-state index contributed by atoms with van der Waals surface area (Å²) >= 11 is 5.88. The Kier molecular flexibility index (Phi) is 7.68. The Morgan fingerprint density at radius 2 is 1.61 bits per heavy atom. The molecule has 8 heteroatoms. The lowest BCUT2D eigenvalue weighted by Gasteiger charge is -2.15. The van der Waals surface area contributed by atoms with E-state index in [-0.39, 0.29) is 30.0 Å². The molecule has 0 aliphatic carbocycles. The molecular formula is C23H23ClN2O4S. The van der Waals surface area contributed by atoms with Crippen LogP contribution >= 0.6 is 11.6 Å². The van der Waals surface area contributed by atoms with Gasteiger partial charge in [0.15, 0.2) is 6.61 Å². The topological polar surface area (TPSA) is 84.5 Å². The van der Waals surface area contributed by atoms with Crippen molar-refractivity contribution in [1.29, 1.82) is 0 Å². The normalized spacial score (nSPS) is 12.2. The van der Waals surface area contributed by atoms with Crippen molar-refractivity contribution in [3.8, 4) is 5.75 Å². The molecule has 6 nitrogen and oxygen atoms in total. The molecule has 0 radical (unpaired) electrons. The fourth-order valence-corrected chi connectivity index (χ4v) is 3.98. The van der Waals surface area contributed by atoms with Crippen LogP contribution in [-0.4, -0.2) is 20.9 Å². The number of carbonyl (C=O) groups excluding carboxylic acids is 1. The van der Waals surface area contributed by atoms with Crippen LogP contribution in [0.1, 0.15) is 24.1 Å². The van der Waals surface area contributed by atoms with Crippen molar-refractivity contribution in [3.05, 3.63) is 95.0 Å². The van der Waals surface area contributed by atoms with E-state index in [1.54, 1.807) is 12.1 Å². The smallest absolute Gasteiger partial charge is 0.258 e. The van der Waals surface area contributed by atoms with Crippen LogP contribution in [0.15, 0.2) is 83.8 Å². The van der Waals surface area contributed by atoms with E-state index >= 15 is 0 Å². The molecule has 2 N–H and O–H groups in total. The van der Waals surface area contributed by atoms with Crippen LogP contribution in [0.3, 0.4) is 0 Å². The van der Waals surface area contributed by atoms with Gasteiger partial charge < -0.3 is 10.1 Å². The Morgan fingerprint density at radius 3 is 2.26 bits per heavy atom. The second kappa shape index (κ2) is 10.4. The molecule has 3 aromatic rings. The molecular weight excluding hydrogens is 436 g/mol. The summed E-state index contributed by atoms with van der Waals surface area (Å²) in [6.45, 7) is 1.88.